The fraction of sp³-hybridized carbons (Fsp3) is 0.0526. The molecule has 0 aliphatic heterocycles. The molecule has 0 aliphatic carbocycles. The average molecular weight is 336 g/mol. The van der Waals surface area contributed by atoms with Gasteiger partial charge in [0.2, 0.25) is 0 Å². The zero-order chi connectivity index (χ0) is 16.8. The second kappa shape index (κ2) is 7.57. The van der Waals surface area contributed by atoms with E-state index >= 15 is 0 Å². The molecule has 2 N–H and O–H groups in total. The van der Waals surface area contributed by atoms with Crippen molar-refractivity contribution in [2.45, 2.75) is 6.04 Å². The monoisotopic (exact) mass is 336 g/mol. The van der Waals surface area contributed by atoms with Gasteiger partial charge in [-0.05, 0) is 29.1 Å². The predicted octanol–water partition coefficient (Wildman–Crippen LogP) is 3.86. The molecule has 0 bridgehead atoms. The maximum atomic E-state index is 12.7. The second-order valence-electron chi connectivity index (χ2n) is 5.15. The standard InChI is InChI=1S/C19H16N2O2S/c22-18(16-12-7-13-24-16)21-17(14-8-3-1-4-9-14)19(23)20-15-10-5-2-6-11-15/h1-13,17H,(H,20,23)(H,21,22)/t17-/m0/s1. The molecule has 2 amide bonds. The molecule has 0 fully saturated rings. The van der Waals surface area contributed by atoms with E-state index in [1.165, 1.54) is 11.3 Å². The topological polar surface area (TPSA) is 58.2 Å². The molecule has 0 saturated carbocycles. The first kappa shape index (κ1) is 16.0. The third-order valence-corrected chi connectivity index (χ3v) is 4.33. The van der Waals surface area contributed by atoms with Gasteiger partial charge in [-0.3, -0.25) is 9.59 Å². The van der Waals surface area contributed by atoms with E-state index in [0.29, 0.717) is 10.6 Å². The third kappa shape index (κ3) is 3.88. The number of para-hydroxylation sites is 1. The fourth-order valence-electron chi connectivity index (χ4n) is 2.29. The fourth-order valence-corrected chi connectivity index (χ4v) is 2.92. The maximum absolute atomic E-state index is 12.7. The van der Waals surface area contributed by atoms with Crippen LogP contribution in [0.2, 0.25) is 0 Å². The summed E-state index contributed by atoms with van der Waals surface area (Å²) >= 11 is 1.34. The summed E-state index contributed by atoms with van der Waals surface area (Å²) in [4.78, 5) is 25.6. The van der Waals surface area contributed by atoms with Crippen molar-refractivity contribution in [3.05, 3.63) is 88.6 Å². The highest BCUT2D eigenvalue weighted by atomic mass is 32.1. The first-order valence-corrected chi connectivity index (χ1v) is 8.37. The Kier molecular flexibility index (Phi) is 5.03. The van der Waals surface area contributed by atoms with Gasteiger partial charge in [0, 0.05) is 5.69 Å². The Bertz CT molecular complexity index is 802. The van der Waals surface area contributed by atoms with E-state index < -0.39 is 6.04 Å². The van der Waals surface area contributed by atoms with Crippen molar-refractivity contribution >= 4 is 28.8 Å². The molecule has 1 heterocycles. The van der Waals surface area contributed by atoms with E-state index in [0.717, 1.165) is 5.56 Å². The largest absolute Gasteiger partial charge is 0.336 e. The number of amides is 2. The van der Waals surface area contributed by atoms with E-state index in [1.54, 1.807) is 24.3 Å². The van der Waals surface area contributed by atoms with Crippen LogP contribution in [0.25, 0.3) is 0 Å². The highest BCUT2D eigenvalue weighted by Crippen LogP contribution is 2.18. The van der Waals surface area contributed by atoms with Crippen molar-refractivity contribution in [2.24, 2.45) is 0 Å². The molecule has 0 unspecified atom stereocenters. The Labute approximate surface area is 144 Å². The number of anilines is 1. The predicted molar refractivity (Wildman–Crippen MR) is 96.0 cm³/mol. The molecule has 0 saturated heterocycles. The Morgan fingerprint density at radius 2 is 1.50 bits per heavy atom. The van der Waals surface area contributed by atoms with Crippen LogP contribution < -0.4 is 10.6 Å². The van der Waals surface area contributed by atoms with E-state index in [9.17, 15) is 9.59 Å². The van der Waals surface area contributed by atoms with Crippen LogP contribution in [0.5, 0.6) is 0 Å². The molecule has 0 radical (unpaired) electrons. The van der Waals surface area contributed by atoms with Gasteiger partial charge in [-0.2, -0.15) is 0 Å². The van der Waals surface area contributed by atoms with E-state index in [-0.39, 0.29) is 11.8 Å². The molecule has 4 nitrogen and oxygen atoms in total. The zero-order valence-corrected chi connectivity index (χ0v) is 13.6. The molecule has 120 valence electrons. The lowest BCUT2D eigenvalue weighted by Gasteiger charge is -2.18. The van der Waals surface area contributed by atoms with Crippen LogP contribution in [0.15, 0.2) is 78.2 Å². The first-order valence-electron chi connectivity index (χ1n) is 7.49. The van der Waals surface area contributed by atoms with Crippen molar-refractivity contribution in [3.63, 3.8) is 0 Å². The molecule has 0 spiro atoms. The molecule has 1 atom stereocenters. The average Bonchev–Trinajstić information content (AvgIpc) is 3.16. The van der Waals surface area contributed by atoms with Crippen LogP contribution in [-0.2, 0) is 4.79 Å². The van der Waals surface area contributed by atoms with Crippen molar-refractivity contribution in [1.82, 2.24) is 5.32 Å². The van der Waals surface area contributed by atoms with Gasteiger partial charge >= 0.3 is 0 Å². The number of benzene rings is 2. The molecule has 24 heavy (non-hydrogen) atoms. The summed E-state index contributed by atoms with van der Waals surface area (Å²) in [6.45, 7) is 0. The van der Waals surface area contributed by atoms with Gasteiger partial charge in [-0.25, -0.2) is 0 Å². The summed E-state index contributed by atoms with van der Waals surface area (Å²) in [5, 5.41) is 7.49. The summed E-state index contributed by atoms with van der Waals surface area (Å²) in [5.41, 5.74) is 1.42. The summed E-state index contributed by atoms with van der Waals surface area (Å²) in [7, 11) is 0. The van der Waals surface area contributed by atoms with Gasteiger partial charge in [0.05, 0.1) is 4.88 Å². The highest BCUT2D eigenvalue weighted by molar-refractivity contribution is 7.12. The lowest BCUT2D eigenvalue weighted by Crippen LogP contribution is -2.36. The number of carbonyl (C=O) groups is 2. The normalized spacial score (nSPS) is 11.5. The lowest BCUT2D eigenvalue weighted by atomic mass is 10.1. The van der Waals surface area contributed by atoms with Crippen LogP contribution >= 0.6 is 11.3 Å². The number of nitrogens with one attached hydrogen (secondary N) is 2. The van der Waals surface area contributed by atoms with Crippen LogP contribution in [0.4, 0.5) is 5.69 Å². The number of hydrogen-bond donors (Lipinski definition) is 2. The molecule has 0 aliphatic rings. The minimum absolute atomic E-state index is 0.262. The second-order valence-corrected chi connectivity index (χ2v) is 6.10. The molecule has 1 aromatic heterocycles. The quantitative estimate of drug-likeness (QED) is 0.743. The summed E-state index contributed by atoms with van der Waals surface area (Å²) < 4.78 is 0. The van der Waals surface area contributed by atoms with Crippen molar-refractivity contribution < 1.29 is 9.59 Å². The summed E-state index contributed by atoms with van der Waals surface area (Å²) in [6.07, 6.45) is 0. The lowest BCUT2D eigenvalue weighted by molar-refractivity contribution is -0.118. The van der Waals surface area contributed by atoms with Gasteiger partial charge in [0.1, 0.15) is 6.04 Å². The number of rotatable bonds is 5. The Hall–Kier alpha value is -2.92. The van der Waals surface area contributed by atoms with Crippen LogP contribution in [0.3, 0.4) is 0 Å². The van der Waals surface area contributed by atoms with Crippen LogP contribution in [-0.4, -0.2) is 11.8 Å². The smallest absolute Gasteiger partial charge is 0.262 e. The van der Waals surface area contributed by atoms with Crippen molar-refractivity contribution in [2.75, 3.05) is 5.32 Å². The Morgan fingerprint density at radius 3 is 2.12 bits per heavy atom. The minimum Gasteiger partial charge on any atom is -0.336 e. The Balaban J connectivity index is 1.82. The zero-order valence-electron chi connectivity index (χ0n) is 12.8. The first-order chi connectivity index (χ1) is 11.7. The third-order valence-electron chi connectivity index (χ3n) is 3.46. The Morgan fingerprint density at radius 1 is 0.833 bits per heavy atom. The molecule has 3 aromatic rings. The van der Waals surface area contributed by atoms with E-state index in [4.69, 9.17) is 0 Å². The summed E-state index contributed by atoms with van der Waals surface area (Å²) in [5.74, 6) is -0.542. The highest BCUT2D eigenvalue weighted by Gasteiger charge is 2.23. The minimum atomic E-state index is -0.763. The maximum Gasteiger partial charge on any atom is 0.262 e. The SMILES string of the molecule is O=C(N[C@H](C(=O)Nc1ccccc1)c1ccccc1)c1cccs1. The van der Waals surface area contributed by atoms with Gasteiger partial charge in [0.25, 0.3) is 11.8 Å². The summed E-state index contributed by atoms with van der Waals surface area (Å²) in [6, 6.07) is 21.2. The van der Waals surface area contributed by atoms with Crippen LogP contribution in [0, 0.1) is 0 Å². The van der Waals surface area contributed by atoms with E-state index in [1.807, 2.05) is 53.9 Å². The van der Waals surface area contributed by atoms with Gasteiger partial charge in [-0.1, -0.05) is 54.6 Å². The van der Waals surface area contributed by atoms with Crippen molar-refractivity contribution in [3.8, 4) is 0 Å². The van der Waals surface area contributed by atoms with Crippen LogP contribution in [0.1, 0.15) is 21.3 Å². The van der Waals surface area contributed by atoms with Crippen molar-refractivity contribution in [1.29, 1.82) is 0 Å². The molecule has 3 rings (SSSR count). The molecule has 5 heteroatoms. The van der Waals surface area contributed by atoms with Gasteiger partial charge in [0.15, 0.2) is 0 Å². The number of carbonyl (C=O) groups excluding carboxylic acids is 2. The molecule has 2 aromatic carbocycles. The van der Waals surface area contributed by atoms with E-state index in [2.05, 4.69) is 10.6 Å². The molecular weight excluding hydrogens is 320 g/mol. The molecular formula is C19H16N2O2S. The number of hydrogen-bond acceptors (Lipinski definition) is 3. The van der Waals surface area contributed by atoms with Gasteiger partial charge in [-0.15, -0.1) is 11.3 Å². The van der Waals surface area contributed by atoms with Gasteiger partial charge < -0.3 is 10.6 Å². The number of thiophene rings is 1.